The van der Waals surface area contributed by atoms with Crippen molar-refractivity contribution in [2.45, 2.75) is 13.5 Å². The summed E-state index contributed by atoms with van der Waals surface area (Å²) in [5.41, 5.74) is 2.94. The number of nitrogens with zero attached hydrogens (tertiary/aromatic N) is 4. The Morgan fingerprint density at radius 3 is 2.54 bits per heavy atom. The first-order chi connectivity index (χ1) is 13.7. The molecule has 1 heterocycles. The number of methoxy groups -OCH3 is 1. The maximum atomic E-state index is 9.06. The van der Waals surface area contributed by atoms with Gasteiger partial charge < -0.3 is 19.9 Å². The zero-order valence-electron chi connectivity index (χ0n) is 16.6. The normalized spacial score (nSPS) is 14.5. The summed E-state index contributed by atoms with van der Waals surface area (Å²) in [6.07, 6.45) is 0. The van der Waals surface area contributed by atoms with E-state index in [4.69, 9.17) is 15.0 Å². The maximum absolute atomic E-state index is 9.06. The van der Waals surface area contributed by atoms with Crippen LogP contribution in [-0.4, -0.2) is 50.7 Å². The molecule has 146 valence electrons. The molecule has 1 saturated heterocycles. The van der Waals surface area contributed by atoms with Gasteiger partial charge in [-0.1, -0.05) is 12.1 Å². The van der Waals surface area contributed by atoms with E-state index in [2.05, 4.69) is 40.2 Å². The van der Waals surface area contributed by atoms with E-state index in [1.54, 1.807) is 7.11 Å². The molecular weight excluding hydrogens is 350 g/mol. The molecule has 0 spiro atoms. The first-order valence-corrected chi connectivity index (χ1v) is 9.64. The maximum Gasteiger partial charge on any atom is 0.194 e. The van der Waals surface area contributed by atoms with E-state index in [1.807, 2.05) is 36.4 Å². The van der Waals surface area contributed by atoms with Gasteiger partial charge in [-0.15, -0.1) is 0 Å². The van der Waals surface area contributed by atoms with E-state index in [-0.39, 0.29) is 0 Å². The molecule has 0 saturated carbocycles. The molecule has 6 nitrogen and oxygen atoms in total. The number of rotatable bonds is 5. The summed E-state index contributed by atoms with van der Waals surface area (Å²) in [7, 11) is 1.69. The van der Waals surface area contributed by atoms with Gasteiger partial charge in [0, 0.05) is 38.4 Å². The summed E-state index contributed by atoms with van der Waals surface area (Å²) in [6, 6.07) is 18.0. The van der Waals surface area contributed by atoms with Crippen LogP contribution >= 0.6 is 0 Å². The van der Waals surface area contributed by atoms with Crippen molar-refractivity contribution in [2.75, 3.05) is 44.7 Å². The fourth-order valence-electron chi connectivity index (χ4n) is 3.30. The predicted molar refractivity (Wildman–Crippen MR) is 113 cm³/mol. The number of benzene rings is 2. The Balaban J connectivity index is 1.62. The number of piperazine rings is 1. The third kappa shape index (κ3) is 4.95. The molecule has 2 aromatic carbocycles. The van der Waals surface area contributed by atoms with Gasteiger partial charge in [-0.25, -0.2) is 4.99 Å². The molecule has 0 amide bonds. The minimum Gasteiger partial charge on any atom is -0.497 e. The van der Waals surface area contributed by atoms with Gasteiger partial charge in [0.05, 0.1) is 25.3 Å². The van der Waals surface area contributed by atoms with Crippen LogP contribution in [-0.2, 0) is 6.54 Å². The van der Waals surface area contributed by atoms with Crippen LogP contribution in [0.15, 0.2) is 53.5 Å². The van der Waals surface area contributed by atoms with Crippen LogP contribution in [0, 0.1) is 11.3 Å². The highest BCUT2D eigenvalue weighted by Crippen LogP contribution is 2.20. The number of hydrogen-bond donors (Lipinski definition) is 1. The van der Waals surface area contributed by atoms with Crippen LogP contribution in [0.5, 0.6) is 5.75 Å². The van der Waals surface area contributed by atoms with Gasteiger partial charge in [0.25, 0.3) is 0 Å². The third-order valence-corrected chi connectivity index (χ3v) is 4.82. The molecule has 0 unspecified atom stereocenters. The highest BCUT2D eigenvalue weighted by molar-refractivity contribution is 5.80. The molecule has 1 aliphatic heterocycles. The van der Waals surface area contributed by atoms with Crippen molar-refractivity contribution in [1.82, 2.24) is 10.2 Å². The summed E-state index contributed by atoms with van der Waals surface area (Å²) < 4.78 is 5.24. The Kier molecular flexibility index (Phi) is 6.74. The van der Waals surface area contributed by atoms with Crippen molar-refractivity contribution in [3.8, 4) is 11.8 Å². The Bertz CT molecular complexity index is 833. The number of hydrogen-bond acceptors (Lipinski definition) is 4. The Morgan fingerprint density at radius 2 is 1.89 bits per heavy atom. The molecule has 0 bridgehead atoms. The fraction of sp³-hybridized carbons (Fsp3) is 0.364. The molecule has 2 aromatic rings. The number of anilines is 1. The molecule has 0 atom stereocenters. The SMILES string of the molecule is CCNC(=NCc1cccc(C#N)c1)N1CCN(c2ccc(OC)cc2)CC1. The second-order valence-electron chi connectivity index (χ2n) is 6.65. The van der Waals surface area contributed by atoms with Gasteiger partial charge in [-0.3, -0.25) is 0 Å². The number of nitriles is 1. The van der Waals surface area contributed by atoms with Crippen molar-refractivity contribution in [3.05, 3.63) is 59.7 Å². The molecule has 3 rings (SSSR count). The molecule has 0 radical (unpaired) electrons. The zero-order chi connectivity index (χ0) is 19.8. The molecular formula is C22H27N5O. The highest BCUT2D eigenvalue weighted by atomic mass is 16.5. The Labute approximate surface area is 167 Å². The standard InChI is InChI=1S/C22H27N5O/c1-3-24-22(25-17-19-6-4-5-18(15-19)16-23)27-13-11-26(12-14-27)20-7-9-21(28-2)10-8-20/h4-10,15H,3,11-14,17H2,1-2H3,(H,24,25). The summed E-state index contributed by atoms with van der Waals surface area (Å²) in [5.74, 6) is 1.81. The van der Waals surface area contributed by atoms with Crippen molar-refractivity contribution >= 4 is 11.6 Å². The van der Waals surface area contributed by atoms with Gasteiger partial charge in [0.15, 0.2) is 5.96 Å². The van der Waals surface area contributed by atoms with Crippen molar-refractivity contribution in [3.63, 3.8) is 0 Å². The van der Waals surface area contributed by atoms with Crippen molar-refractivity contribution in [2.24, 2.45) is 4.99 Å². The van der Waals surface area contributed by atoms with E-state index in [0.717, 1.165) is 50.0 Å². The lowest BCUT2D eigenvalue weighted by molar-refractivity contribution is 0.372. The second kappa shape index (κ2) is 9.65. The van der Waals surface area contributed by atoms with E-state index in [1.165, 1.54) is 5.69 Å². The van der Waals surface area contributed by atoms with Crippen molar-refractivity contribution in [1.29, 1.82) is 5.26 Å². The first-order valence-electron chi connectivity index (χ1n) is 9.64. The fourth-order valence-corrected chi connectivity index (χ4v) is 3.30. The number of nitrogens with one attached hydrogen (secondary N) is 1. The summed E-state index contributed by atoms with van der Waals surface area (Å²) in [4.78, 5) is 9.48. The van der Waals surface area contributed by atoms with Crippen LogP contribution in [0.1, 0.15) is 18.1 Å². The summed E-state index contributed by atoms with van der Waals surface area (Å²) >= 11 is 0. The number of guanidine groups is 1. The smallest absolute Gasteiger partial charge is 0.194 e. The average molecular weight is 377 g/mol. The molecule has 1 aliphatic rings. The lowest BCUT2D eigenvalue weighted by Crippen LogP contribution is -2.52. The lowest BCUT2D eigenvalue weighted by atomic mass is 10.1. The molecule has 1 N–H and O–H groups in total. The topological polar surface area (TPSA) is 63.9 Å². The van der Waals surface area contributed by atoms with Crippen LogP contribution in [0.25, 0.3) is 0 Å². The minimum absolute atomic E-state index is 0.566. The highest BCUT2D eigenvalue weighted by Gasteiger charge is 2.19. The van der Waals surface area contributed by atoms with Crippen molar-refractivity contribution < 1.29 is 4.74 Å². The summed E-state index contributed by atoms with van der Waals surface area (Å²) in [6.45, 7) is 7.19. The van der Waals surface area contributed by atoms with Crippen LogP contribution in [0.3, 0.4) is 0 Å². The molecule has 0 aliphatic carbocycles. The average Bonchev–Trinajstić information content (AvgIpc) is 2.77. The third-order valence-electron chi connectivity index (χ3n) is 4.82. The first kappa shape index (κ1) is 19.6. The van der Waals surface area contributed by atoms with Gasteiger partial charge >= 0.3 is 0 Å². The molecule has 28 heavy (non-hydrogen) atoms. The van der Waals surface area contributed by atoms with Crippen LogP contribution in [0.4, 0.5) is 5.69 Å². The Morgan fingerprint density at radius 1 is 1.14 bits per heavy atom. The van der Waals surface area contributed by atoms with Crippen LogP contribution in [0.2, 0.25) is 0 Å². The largest absolute Gasteiger partial charge is 0.497 e. The summed E-state index contributed by atoms with van der Waals surface area (Å²) in [5, 5.41) is 12.5. The van der Waals surface area contributed by atoms with E-state index in [0.29, 0.717) is 12.1 Å². The monoisotopic (exact) mass is 377 g/mol. The van der Waals surface area contributed by atoms with Gasteiger partial charge in [0.1, 0.15) is 5.75 Å². The van der Waals surface area contributed by atoms with Gasteiger partial charge in [0.2, 0.25) is 0 Å². The molecule has 0 aromatic heterocycles. The van der Waals surface area contributed by atoms with E-state index in [9.17, 15) is 0 Å². The van der Waals surface area contributed by atoms with E-state index >= 15 is 0 Å². The zero-order valence-corrected chi connectivity index (χ0v) is 16.6. The van der Waals surface area contributed by atoms with Gasteiger partial charge in [-0.05, 0) is 48.9 Å². The number of ether oxygens (including phenoxy) is 1. The van der Waals surface area contributed by atoms with Gasteiger partial charge in [-0.2, -0.15) is 5.26 Å². The predicted octanol–water partition coefficient (Wildman–Crippen LogP) is 2.85. The second-order valence-corrected chi connectivity index (χ2v) is 6.65. The van der Waals surface area contributed by atoms with Crippen LogP contribution < -0.4 is 15.0 Å². The lowest BCUT2D eigenvalue weighted by Gasteiger charge is -2.37. The molecule has 6 heteroatoms. The van der Waals surface area contributed by atoms with E-state index < -0.39 is 0 Å². The quantitative estimate of drug-likeness (QED) is 0.641. The number of aliphatic imine (C=N–C) groups is 1. The Hall–Kier alpha value is -3.20. The molecule has 1 fully saturated rings. The minimum atomic E-state index is 0.566.